The van der Waals surface area contributed by atoms with Gasteiger partial charge in [0.15, 0.2) is 0 Å². The number of nitrogens with two attached hydrogens (primary N) is 2. The lowest BCUT2D eigenvalue weighted by Gasteiger charge is -2.27. The van der Waals surface area contributed by atoms with Crippen LogP contribution in [0.3, 0.4) is 0 Å². The van der Waals surface area contributed by atoms with E-state index in [1.54, 1.807) is 6.08 Å². The standard InChI is InChI=1S/C13H11Br2F3N2/c14-8-1-2-10(13(16,17)18)9(6-8)7-3-4-12(19,20)11(15)5-7/h1-3,5-6H,4,19-20H2. The normalized spacial score (nSPS) is 18.6. The van der Waals surface area contributed by atoms with Crippen LogP contribution in [0.4, 0.5) is 13.2 Å². The second kappa shape index (κ2) is 5.29. The minimum atomic E-state index is -4.42. The first kappa shape index (κ1) is 15.8. The van der Waals surface area contributed by atoms with Crippen molar-refractivity contribution in [3.63, 3.8) is 0 Å². The third kappa shape index (κ3) is 3.16. The first-order valence-electron chi connectivity index (χ1n) is 5.64. The Bertz CT molecular complexity index is 604. The van der Waals surface area contributed by atoms with Crippen molar-refractivity contribution in [1.82, 2.24) is 0 Å². The molecule has 1 aromatic rings. The van der Waals surface area contributed by atoms with Crippen molar-refractivity contribution in [2.75, 3.05) is 0 Å². The fraction of sp³-hybridized carbons (Fsp3) is 0.231. The lowest BCUT2D eigenvalue weighted by molar-refractivity contribution is -0.137. The summed E-state index contributed by atoms with van der Waals surface area (Å²) in [6, 6.07) is 3.85. The minimum absolute atomic E-state index is 0.0966. The van der Waals surface area contributed by atoms with Crippen molar-refractivity contribution in [2.45, 2.75) is 18.3 Å². The topological polar surface area (TPSA) is 52.0 Å². The number of allylic oxidation sites excluding steroid dienone is 2. The van der Waals surface area contributed by atoms with E-state index in [0.717, 1.165) is 6.07 Å². The maximum absolute atomic E-state index is 13.1. The molecule has 0 heterocycles. The van der Waals surface area contributed by atoms with Gasteiger partial charge in [0, 0.05) is 15.4 Å². The smallest absolute Gasteiger partial charge is 0.309 e. The van der Waals surface area contributed by atoms with Crippen LogP contribution in [0.5, 0.6) is 0 Å². The Balaban J connectivity index is 2.55. The lowest BCUT2D eigenvalue weighted by Crippen LogP contribution is -2.50. The number of halogens is 5. The molecule has 0 aromatic heterocycles. The van der Waals surface area contributed by atoms with E-state index in [0.29, 0.717) is 14.5 Å². The van der Waals surface area contributed by atoms with Gasteiger partial charge >= 0.3 is 6.18 Å². The molecule has 0 radical (unpaired) electrons. The van der Waals surface area contributed by atoms with Gasteiger partial charge in [-0.1, -0.05) is 37.9 Å². The van der Waals surface area contributed by atoms with Crippen LogP contribution in [0.15, 0.2) is 39.3 Å². The molecule has 0 saturated carbocycles. The molecular weight excluding hydrogens is 401 g/mol. The lowest BCUT2D eigenvalue weighted by atomic mass is 9.91. The van der Waals surface area contributed by atoms with Crippen molar-refractivity contribution < 1.29 is 13.2 Å². The van der Waals surface area contributed by atoms with Crippen LogP contribution in [-0.2, 0) is 6.18 Å². The fourth-order valence-electron chi connectivity index (χ4n) is 1.90. The summed E-state index contributed by atoms with van der Waals surface area (Å²) in [7, 11) is 0. The van der Waals surface area contributed by atoms with Gasteiger partial charge in [-0.3, -0.25) is 0 Å². The van der Waals surface area contributed by atoms with Crippen LogP contribution in [0.25, 0.3) is 5.57 Å². The summed E-state index contributed by atoms with van der Waals surface area (Å²) >= 11 is 6.41. The third-order valence-electron chi connectivity index (χ3n) is 2.98. The Kier molecular flexibility index (Phi) is 4.17. The molecule has 0 spiro atoms. The summed E-state index contributed by atoms with van der Waals surface area (Å²) in [6.45, 7) is 0. The van der Waals surface area contributed by atoms with Crippen molar-refractivity contribution in [3.8, 4) is 0 Å². The molecule has 4 N–H and O–H groups in total. The molecule has 1 aromatic carbocycles. The highest BCUT2D eigenvalue weighted by Gasteiger charge is 2.35. The molecule has 0 aliphatic heterocycles. The highest BCUT2D eigenvalue weighted by molar-refractivity contribution is 9.11. The van der Waals surface area contributed by atoms with Gasteiger partial charge in [-0.15, -0.1) is 0 Å². The summed E-state index contributed by atoms with van der Waals surface area (Å²) in [5.74, 6) is 0. The number of rotatable bonds is 1. The number of alkyl halides is 3. The zero-order chi connectivity index (χ0) is 15.1. The highest BCUT2D eigenvalue weighted by Crippen LogP contribution is 2.39. The van der Waals surface area contributed by atoms with Crippen LogP contribution in [0.1, 0.15) is 17.5 Å². The molecule has 0 unspecified atom stereocenters. The molecule has 0 atom stereocenters. The zero-order valence-electron chi connectivity index (χ0n) is 10.1. The predicted octanol–water partition coefficient (Wildman–Crippen LogP) is 4.15. The second-order valence-corrected chi connectivity index (χ2v) is 6.35. The van der Waals surface area contributed by atoms with Crippen LogP contribution in [0.2, 0.25) is 0 Å². The van der Waals surface area contributed by atoms with Gasteiger partial charge in [0.25, 0.3) is 0 Å². The highest BCUT2D eigenvalue weighted by atomic mass is 79.9. The van der Waals surface area contributed by atoms with E-state index in [4.69, 9.17) is 11.5 Å². The van der Waals surface area contributed by atoms with Crippen LogP contribution in [-0.4, -0.2) is 5.66 Å². The second-order valence-electron chi connectivity index (χ2n) is 4.58. The van der Waals surface area contributed by atoms with Gasteiger partial charge < -0.3 is 11.5 Å². The van der Waals surface area contributed by atoms with E-state index in [1.165, 1.54) is 18.2 Å². The van der Waals surface area contributed by atoms with E-state index in [-0.39, 0.29) is 12.0 Å². The van der Waals surface area contributed by atoms with Crippen molar-refractivity contribution in [2.24, 2.45) is 11.5 Å². The quantitative estimate of drug-likeness (QED) is 0.682. The van der Waals surface area contributed by atoms with Crippen molar-refractivity contribution >= 4 is 37.4 Å². The molecule has 20 heavy (non-hydrogen) atoms. The molecule has 7 heteroatoms. The maximum atomic E-state index is 13.1. The first-order valence-corrected chi connectivity index (χ1v) is 7.22. The molecule has 1 aliphatic rings. The van der Waals surface area contributed by atoms with Crippen molar-refractivity contribution in [1.29, 1.82) is 0 Å². The monoisotopic (exact) mass is 410 g/mol. The van der Waals surface area contributed by atoms with Gasteiger partial charge in [0.2, 0.25) is 0 Å². The van der Waals surface area contributed by atoms with Gasteiger partial charge in [0.05, 0.1) is 5.56 Å². The Labute approximate surface area is 131 Å². The van der Waals surface area contributed by atoms with Gasteiger partial charge in [-0.2, -0.15) is 13.2 Å². The predicted molar refractivity (Wildman–Crippen MR) is 79.9 cm³/mol. The Morgan fingerprint density at radius 1 is 1.15 bits per heavy atom. The summed E-state index contributed by atoms with van der Waals surface area (Å²) < 4.78 is 40.2. The molecule has 1 aliphatic carbocycles. The minimum Gasteiger partial charge on any atom is -0.309 e. The van der Waals surface area contributed by atoms with E-state index in [9.17, 15) is 13.2 Å². The molecule has 0 fully saturated rings. The fourth-order valence-corrected chi connectivity index (χ4v) is 2.67. The van der Waals surface area contributed by atoms with Crippen LogP contribution >= 0.6 is 31.9 Å². The van der Waals surface area contributed by atoms with Gasteiger partial charge in [-0.05, 0) is 35.4 Å². The van der Waals surface area contributed by atoms with E-state index >= 15 is 0 Å². The first-order chi connectivity index (χ1) is 9.11. The van der Waals surface area contributed by atoms with Crippen LogP contribution < -0.4 is 11.5 Å². The van der Waals surface area contributed by atoms with Gasteiger partial charge in [-0.25, -0.2) is 0 Å². The molecule has 0 saturated heterocycles. The average molecular weight is 412 g/mol. The summed E-state index contributed by atoms with van der Waals surface area (Å²) in [5, 5.41) is 0. The summed E-state index contributed by atoms with van der Waals surface area (Å²) in [6.07, 6.45) is -1.03. The number of hydrogen-bond acceptors (Lipinski definition) is 2. The molecule has 2 nitrogen and oxygen atoms in total. The van der Waals surface area contributed by atoms with Crippen LogP contribution in [0, 0.1) is 0 Å². The van der Waals surface area contributed by atoms with Gasteiger partial charge in [0.1, 0.15) is 5.66 Å². The largest absolute Gasteiger partial charge is 0.417 e. The summed E-state index contributed by atoms with van der Waals surface area (Å²) in [5.41, 5.74) is 10.4. The molecule has 108 valence electrons. The average Bonchev–Trinajstić information content (AvgIpc) is 2.31. The van der Waals surface area contributed by atoms with E-state index in [2.05, 4.69) is 31.9 Å². The molecule has 2 rings (SSSR count). The van der Waals surface area contributed by atoms with E-state index < -0.39 is 17.4 Å². The zero-order valence-corrected chi connectivity index (χ0v) is 13.3. The number of benzene rings is 1. The molecular formula is C13H11Br2F3N2. The molecule has 0 bridgehead atoms. The SMILES string of the molecule is NC1(N)CC=C(c2cc(Br)ccc2C(F)(F)F)C=C1Br. The summed E-state index contributed by atoms with van der Waals surface area (Å²) in [4.78, 5) is 0. The Morgan fingerprint density at radius 2 is 1.80 bits per heavy atom. The van der Waals surface area contributed by atoms with Crippen molar-refractivity contribution in [3.05, 3.63) is 50.4 Å². The Morgan fingerprint density at radius 3 is 2.35 bits per heavy atom. The van der Waals surface area contributed by atoms with E-state index in [1.807, 2.05) is 0 Å². The maximum Gasteiger partial charge on any atom is 0.417 e. The Hall–Kier alpha value is -0.630. The number of hydrogen-bond donors (Lipinski definition) is 2. The molecule has 0 amide bonds. The third-order valence-corrected chi connectivity index (χ3v) is 4.45.